The van der Waals surface area contributed by atoms with Crippen molar-refractivity contribution in [1.82, 2.24) is 9.88 Å². The average molecular weight is 339 g/mol. The number of rotatable bonds is 6. The maximum absolute atomic E-state index is 13.8. The predicted octanol–water partition coefficient (Wildman–Crippen LogP) is 2.98. The van der Waals surface area contributed by atoms with Crippen molar-refractivity contribution < 1.29 is 9.50 Å². The Morgan fingerprint density at radius 3 is 2.80 bits per heavy atom. The van der Waals surface area contributed by atoms with Crippen molar-refractivity contribution in [3.8, 4) is 0 Å². The third-order valence-corrected chi connectivity index (χ3v) is 3.44. The van der Waals surface area contributed by atoms with Crippen LogP contribution in [0.2, 0.25) is 0 Å². The van der Waals surface area contributed by atoms with Crippen molar-refractivity contribution in [2.24, 2.45) is 0 Å². The summed E-state index contributed by atoms with van der Waals surface area (Å²) in [6.45, 7) is 1.60. The Morgan fingerprint density at radius 2 is 2.10 bits per heavy atom. The van der Waals surface area contributed by atoms with Gasteiger partial charge in [0.25, 0.3) is 0 Å². The highest BCUT2D eigenvalue weighted by Gasteiger charge is 2.10. The van der Waals surface area contributed by atoms with E-state index in [1.165, 1.54) is 6.07 Å². The van der Waals surface area contributed by atoms with E-state index in [9.17, 15) is 4.39 Å². The molecule has 0 radical (unpaired) electrons. The van der Waals surface area contributed by atoms with E-state index in [4.69, 9.17) is 5.11 Å². The fourth-order valence-corrected chi connectivity index (χ4v) is 2.42. The van der Waals surface area contributed by atoms with Gasteiger partial charge >= 0.3 is 0 Å². The van der Waals surface area contributed by atoms with Gasteiger partial charge in [0.1, 0.15) is 5.82 Å². The van der Waals surface area contributed by atoms with E-state index >= 15 is 0 Å². The molecule has 1 N–H and O–H groups in total. The van der Waals surface area contributed by atoms with Crippen LogP contribution in [0.15, 0.2) is 47.2 Å². The van der Waals surface area contributed by atoms with Crippen LogP contribution in [-0.2, 0) is 13.1 Å². The molecule has 0 fully saturated rings. The highest BCUT2D eigenvalue weighted by Crippen LogP contribution is 2.18. The summed E-state index contributed by atoms with van der Waals surface area (Å²) in [5.74, 6) is -0.234. The Balaban J connectivity index is 2.11. The molecule has 1 aromatic heterocycles. The van der Waals surface area contributed by atoms with E-state index in [0.717, 1.165) is 10.0 Å². The highest BCUT2D eigenvalue weighted by atomic mass is 79.9. The molecule has 5 heteroatoms. The quantitative estimate of drug-likeness (QED) is 0.879. The largest absolute Gasteiger partial charge is 0.395 e. The van der Waals surface area contributed by atoms with Gasteiger partial charge in [-0.15, -0.1) is 0 Å². The number of pyridine rings is 1. The highest BCUT2D eigenvalue weighted by molar-refractivity contribution is 9.10. The lowest BCUT2D eigenvalue weighted by atomic mass is 10.2. The van der Waals surface area contributed by atoms with Crippen molar-refractivity contribution in [3.05, 3.63) is 64.1 Å². The standard InChI is InChI=1S/C15H16BrFN2O/c16-14-3-4-15(17)13(8-14)11-19(6-7-20)10-12-2-1-5-18-9-12/h1-5,8-9,20H,6-7,10-11H2. The summed E-state index contributed by atoms with van der Waals surface area (Å²) in [4.78, 5) is 6.05. The number of aliphatic hydroxyl groups excluding tert-OH is 1. The van der Waals surface area contributed by atoms with E-state index in [1.54, 1.807) is 24.5 Å². The fourth-order valence-electron chi connectivity index (χ4n) is 2.01. The summed E-state index contributed by atoms with van der Waals surface area (Å²) in [5, 5.41) is 9.16. The van der Waals surface area contributed by atoms with Gasteiger partial charge in [-0.2, -0.15) is 0 Å². The molecule has 3 nitrogen and oxygen atoms in total. The Kier molecular flexibility index (Phi) is 5.64. The van der Waals surface area contributed by atoms with E-state index in [0.29, 0.717) is 25.2 Å². The van der Waals surface area contributed by atoms with Gasteiger partial charge in [0, 0.05) is 42.1 Å². The number of nitrogens with zero attached hydrogens (tertiary/aromatic N) is 2. The summed E-state index contributed by atoms with van der Waals surface area (Å²) >= 11 is 3.35. The van der Waals surface area contributed by atoms with Gasteiger partial charge in [0.15, 0.2) is 0 Å². The molecule has 0 aliphatic carbocycles. The van der Waals surface area contributed by atoms with E-state index in [1.807, 2.05) is 17.0 Å². The topological polar surface area (TPSA) is 36.4 Å². The van der Waals surface area contributed by atoms with Crippen molar-refractivity contribution in [2.75, 3.05) is 13.2 Å². The van der Waals surface area contributed by atoms with Crippen LogP contribution < -0.4 is 0 Å². The molecule has 0 saturated carbocycles. The van der Waals surface area contributed by atoms with Gasteiger partial charge in [0.05, 0.1) is 6.61 Å². The summed E-state index contributed by atoms with van der Waals surface area (Å²) in [7, 11) is 0. The summed E-state index contributed by atoms with van der Waals surface area (Å²) in [5.41, 5.74) is 1.65. The number of aliphatic hydroxyl groups is 1. The van der Waals surface area contributed by atoms with Gasteiger partial charge in [-0.1, -0.05) is 22.0 Å². The Labute approximate surface area is 126 Å². The second-order valence-electron chi connectivity index (χ2n) is 4.53. The lowest BCUT2D eigenvalue weighted by Gasteiger charge is -2.21. The first-order valence-electron chi connectivity index (χ1n) is 6.35. The number of hydrogen-bond acceptors (Lipinski definition) is 3. The average Bonchev–Trinajstić information content (AvgIpc) is 2.44. The van der Waals surface area contributed by atoms with Crippen LogP contribution in [0.3, 0.4) is 0 Å². The molecule has 0 atom stereocenters. The van der Waals surface area contributed by atoms with E-state index in [-0.39, 0.29) is 12.4 Å². The van der Waals surface area contributed by atoms with Crippen molar-refractivity contribution >= 4 is 15.9 Å². The lowest BCUT2D eigenvalue weighted by Crippen LogP contribution is -2.26. The van der Waals surface area contributed by atoms with Crippen LogP contribution in [0.25, 0.3) is 0 Å². The third-order valence-electron chi connectivity index (χ3n) is 2.95. The second-order valence-corrected chi connectivity index (χ2v) is 5.45. The summed E-state index contributed by atoms with van der Waals surface area (Å²) < 4.78 is 14.6. The minimum atomic E-state index is -0.234. The normalized spacial score (nSPS) is 11.0. The zero-order chi connectivity index (χ0) is 14.4. The minimum absolute atomic E-state index is 0.0376. The van der Waals surface area contributed by atoms with Gasteiger partial charge in [-0.25, -0.2) is 4.39 Å². The van der Waals surface area contributed by atoms with E-state index in [2.05, 4.69) is 20.9 Å². The zero-order valence-electron chi connectivity index (χ0n) is 11.0. The van der Waals surface area contributed by atoms with Gasteiger partial charge < -0.3 is 5.11 Å². The molecule has 0 bridgehead atoms. The molecule has 0 amide bonds. The Hall–Kier alpha value is -1.30. The first kappa shape index (κ1) is 15.1. The number of benzene rings is 1. The monoisotopic (exact) mass is 338 g/mol. The maximum Gasteiger partial charge on any atom is 0.127 e. The van der Waals surface area contributed by atoms with Gasteiger partial charge in [-0.05, 0) is 29.8 Å². The van der Waals surface area contributed by atoms with Crippen LogP contribution in [0, 0.1) is 5.82 Å². The third kappa shape index (κ3) is 4.37. The summed E-state index contributed by atoms with van der Waals surface area (Å²) in [6.07, 6.45) is 3.50. The smallest absolute Gasteiger partial charge is 0.127 e. The molecule has 0 unspecified atom stereocenters. The van der Waals surface area contributed by atoms with Crippen LogP contribution >= 0.6 is 15.9 Å². The fraction of sp³-hybridized carbons (Fsp3) is 0.267. The first-order chi connectivity index (χ1) is 9.69. The number of aromatic nitrogens is 1. The number of halogens is 2. The molecule has 106 valence electrons. The van der Waals surface area contributed by atoms with Crippen LogP contribution in [0.4, 0.5) is 4.39 Å². The van der Waals surface area contributed by atoms with Crippen LogP contribution in [0.5, 0.6) is 0 Å². The maximum atomic E-state index is 13.8. The molecule has 0 aliphatic rings. The predicted molar refractivity (Wildman–Crippen MR) is 79.5 cm³/mol. The van der Waals surface area contributed by atoms with Crippen molar-refractivity contribution in [2.45, 2.75) is 13.1 Å². The summed E-state index contributed by atoms with van der Waals surface area (Å²) in [6, 6.07) is 8.72. The Bertz CT molecular complexity index is 551. The van der Waals surface area contributed by atoms with E-state index < -0.39 is 0 Å². The molecule has 2 rings (SSSR count). The lowest BCUT2D eigenvalue weighted by molar-refractivity contribution is 0.182. The van der Waals surface area contributed by atoms with Crippen molar-refractivity contribution in [3.63, 3.8) is 0 Å². The molecule has 2 aromatic rings. The molecule has 0 spiro atoms. The number of hydrogen-bond donors (Lipinski definition) is 1. The molecule has 0 aliphatic heterocycles. The van der Waals surface area contributed by atoms with Crippen LogP contribution in [-0.4, -0.2) is 28.1 Å². The molecular weight excluding hydrogens is 323 g/mol. The van der Waals surface area contributed by atoms with Crippen LogP contribution in [0.1, 0.15) is 11.1 Å². The molecule has 20 heavy (non-hydrogen) atoms. The molecular formula is C15H16BrFN2O. The second kappa shape index (κ2) is 7.47. The molecule has 1 heterocycles. The first-order valence-corrected chi connectivity index (χ1v) is 7.14. The Morgan fingerprint density at radius 1 is 1.25 bits per heavy atom. The molecule has 1 aromatic carbocycles. The molecule has 0 saturated heterocycles. The van der Waals surface area contributed by atoms with Crippen molar-refractivity contribution in [1.29, 1.82) is 0 Å². The minimum Gasteiger partial charge on any atom is -0.395 e. The van der Waals surface area contributed by atoms with Gasteiger partial charge in [0.2, 0.25) is 0 Å². The SMILES string of the molecule is OCCN(Cc1cccnc1)Cc1cc(Br)ccc1F. The zero-order valence-corrected chi connectivity index (χ0v) is 12.6. The van der Waals surface area contributed by atoms with Gasteiger partial charge in [-0.3, -0.25) is 9.88 Å².